The Morgan fingerprint density at radius 2 is 1.37 bits per heavy atom. The van der Waals surface area contributed by atoms with Gasteiger partial charge in [0.05, 0.1) is 17.4 Å². The van der Waals surface area contributed by atoms with Crippen molar-refractivity contribution in [1.29, 1.82) is 0 Å². The van der Waals surface area contributed by atoms with Gasteiger partial charge in [-0.1, -0.05) is 83.9 Å². The summed E-state index contributed by atoms with van der Waals surface area (Å²) in [7, 11) is 0. The number of para-hydroxylation sites is 1. The highest BCUT2D eigenvalue weighted by Crippen LogP contribution is 2.48. The van der Waals surface area contributed by atoms with Crippen molar-refractivity contribution in [3.63, 3.8) is 0 Å². The van der Waals surface area contributed by atoms with Crippen LogP contribution in [0.2, 0.25) is 10.0 Å². The molecule has 4 aromatic carbocycles. The third-order valence-corrected chi connectivity index (χ3v) is 7.14. The molecule has 0 aliphatic carbocycles. The molecule has 2 aliphatic rings. The Labute approximate surface area is 229 Å². The molecule has 2 aliphatic heterocycles. The molecule has 38 heavy (non-hydrogen) atoms. The number of nitrogens with zero attached hydrogens (tertiary/aromatic N) is 2. The molecular formula is C30H22Cl2N2O4. The van der Waals surface area contributed by atoms with Crippen LogP contribution in [0.25, 0.3) is 0 Å². The van der Waals surface area contributed by atoms with Crippen LogP contribution >= 0.6 is 23.2 Å². The molecule has 2 fully saturated rings. The highest BCUT2D eigenvalue weighted by molar-refractivity contribution is 6.35. The molecule has 0 spiro atoms. The standard InChI is InChI=1S/C30H22Cl2N2O4/c31-21-15-22(32)17-24(16-21)33-29(35)26-27(34(38-28(26)30(33)36)23-9-5-2-6-10-23)20-11-13-25(14-12-20)37-18-19-7-3-1-4-8-19/h1-17,26-28H,18H2. The molecule has 6 rings (SSSR count). The summed E-state index contributed by atoms with van der Waals surface area (Å²) in [5.41, 5.74) is 2.95. The number of imide groups is 1. The highest BCUT2D eigenvalue weighted by Gasteiger charge is 2.60. The number of ether oxygens (including phenoxy) is 1. The number of hydrogen-bond donors (Lipinski definition) is 0. The number of anilines is 2. The Kier molecular flexibility index (Phi) is 6.54. The fourth-order valence-electron chi connectivity index (χ4n) is 4.98. The Morgan fingerprint density at radius 1 is 0.737 bits per heavy atom. The van der Waals surface area contributed by atoms with Crippen molar-refractivity contribution in [2.45, 2.75) is 18.8 Å². The van der Waals surface area contributed by atoms with Crippen molar-refractivity contribution < 1.29 is 19.2 Å². The average Bonchev–Trinajstić information content (AvgIpc) is 3.44. The predicted molar refractivity (Wildman–Crippen MR) is 146 cm³/mol. The van der Waals surface area contributed by atoms with Gasteiger partial charge < -0.3 is 4.74 Å². The lowest BCUT2D eigenvalue weighted by molar-refractivity contribution is -0.126. The summed E-state index contributed by atoms with van der Waals surface area (Å²) >= 11 is 12.3. The van der Waals surface area contributed by atoms with Crippen LogP contribution < -0.4 is 14.7 Å². The predicted octanol–water partition coefficient (Wildman–Crippen LogP) is 6.62. The molecule has 0 bridgehead atoms. The molecule has 0 radical (unpaired) electrons. The van der Waals surface area contributed by atoms with Gasteiger partial charge in [-0.2, -0.15) is 0 Å². The maximum absolute atomic E-state index is 13.8. The third kappa shape index (κ3) is 4.52. The Morgan fingerprint density at radius 3 is 2.03 bits per heavy atom. The molecule has 8 heteroatoms. The van der Waals surface area contributed by atoms with Gasteiger partial charge in [0.2, 0.25) is 5.91 Å². The molecule has 6 nitrogen and oxygen atoms in total. The highest BCUT2D eigenvalue weighted by atomic mass is 35.5. The Bertz CT molecular complexity index is 1460. The number of carbonyl (C=O) groups excluding carboxylic acids is 2. The number of fused-ring (bicyclic) bond motifs is 1. The van der Waals surface area contributed by atoms with Gasteiger partial charge in [0, 0.05) is 10.0 Å². The topological polar surface area (TPSA) is 59.1 Å². The molecular weight excluding hydrogens is 523 g/mol. The first-order chi connectivity index (χ1) is 18.5. The first-order valence-corrected chi connectivity index (χ1v) is 12.9. The molecule has 2 heterocycles. The molecule has 0 N–H and O–H groups in total. The summed E-state index contributed by atoms with van der Waals surface area (Å²) in [6.45, 7) is 0.442. The van der Waals surface area contributed by atoms with E-state index in [1.54, 1.807) is 23.3 Å². The van der Waals surface area contributed by atoms with Crippen LogP contribution in [-0.2, 0) is 21.0 Å². The van der Waals surface area contributed by atoms with E-state index >= 15 is 0 Å². The number of benzene rings is 4. The summed E-state index contributed by atoms with van der Waals surface area (Å²) < 4.78 is 5.94. The minimum Gasteiger partial charge on any atom is -0.489 e. The third-order valence-electron chi connectivity index (χ3n) is 6.70. The van der Waals surface area contributed by atoms with Crippen LogP contribution in [0.15, 0.2) is 103 Å². The van der Waals surface area contributed by atoms with E-state index in [-0.39, 0.29) is 5.91 Å². The van der Waals surface area contributed by atoms with Gasteiger partial charge in [-0.25, -0.2) is 9.96 Å². The summed E-state index contributed by atoms with van der Waals surface area (Å²) in [4.78, 5) is 34.6. The van der Waals surface area contributed by atoms with Crippen LogP contribution in [0.4, 0.5) is 11.4 Å². The molecule has 0 saturated carbocycles. The molecule has 2 saturated heterocycles. The second-order valence-electron chi connectivity index (χ2n) is 9.14. The normalized spacial score (nSPS) is 20.6. The summed E-state index contributed by atoms with van der Waals surface area (Å²) in [5.74, 6) is -0.893. The van der Waals surface area contributed by atoms with E-state index in [2.05, 4.69) is 0 Å². The van der Waals surface area contributed by atoms with Crippen molar-refractivity contribution in [3.8, 4) is 5.75 Å². The minimum absolute atomic E-state index is 0.324. The zero-order valence-electron chi connectivity index (χ0n) is 20.0. The smallest absolute Gasteiger partial charge is 0.266 e. The van der Waals surface area contributed by atoms with Crippen LogP contribution in [-0.4, -0.2) is 17.9 Å². The first-order valence-electron chi connectivity index (χ1n) is 12.1. The van der Waals surface area contributed by atoms with Gasteiger partial charge >= 0.3 is 0 Å². The second kappa shape index (κ2) is 10.1. The van der Waals surface area contributed by atoms with E-state index in [1.165, 1.54) is 0 Å². The summed E-state index contributed by atoms with van der Waals surface area (Å²) in [6.07, 6.45) is -0.987. The van der Waals surface area contributed by atoms with Crippen LogP contribution in [0.1, 0.15) is 17.2 Å². The molecule has 190 valence electrons. The van der Waals surface area contributed by atoms with E-state index in [0.717, 1.165) is 21.7 Å². The monoisotopic (exact) mass is 544 g/mol. The number of carbonyl (C=O) groups is 2. The van der Waals surface area contributed by atoms with Crippen LogP contribution in [0, 0.1) is 5.92 Å². The lowest BCUT2D eigenvalue weighted by Crippen LogP contribution is -2.37. The van der Waals surface area contributed by atoms with Crippen molar-refractivity contribution >= 4 is 46.4 Å². The van der Waals surface area contributed by atoms with E-state index in [9.17, 15) is 9.59 Å². The first kappa shape index (κ1) is 24.5. The maximum Gasteiger partial charge on any atom is 0.266 e. The second-order valence-corrected chi connectivity index (χ2v) is 10.0. The molecule has 2 amide bonds. The van der Waals surface area contributed by atoms with Gasteiger partial charge in [0.1, 0.15) is 18.3 Å². The molecule has 4 aromatic rings. The van der Waals surface area contributed by atoms with Crippen LogP contribution in [0.5, 0.6) is 5.75 Å². The summed E-state index contributed by atoms with van der Waals surface area (Å²) in [6, 6.07) is 31.0. The zero-order chi connectivity index (χ0) is 26.2. The van der Waals surface area contributed by atoms with Gasteiger partial charge in [0.15, 0.2) is 6.10 Å². The van der Waals surface area contributed by atoms with Crippen molar-refractivity contribution in [3.05, 3.63) is 124 Å². The maximum atomic E-state index is 13.8. The fraction of sp³-hybridized carbons (Fsp3) is 0.133. The Hall–Kier alpha value is -3.84. The number of hydroxylamine groups is 1. The summed E-state index contributed by atoms with van der Waals surface area (Å²) in [5, 5.41) is 2.33. The number of amides is 2. The molecule has 3 unspecified atom stereocenters. The van der Waals surface area contributed by atoms with E-state index in [1.807, 2.05) is 84.9 Å². The lowest BCUT2D eigenvalue weighted by Gasteiger charge is -2.29. The average molecular weight is 545 g/mol. The van der Waals surface area contributed by atoms with Gasteiger partial charge in [0.25, 0.3) is 5.91 Å². The van der Waals surface area contributed by atoms with Gasteiger partial charge in [-0.3, -0.25) is 14.4 Å². The van der Waals surface area contributed by atoms with Crippen molar-refractivity contribution in [2.75, 3.05) is 9.96 Å². The number of hydrogen-bond acceptors (Lipinski definition) is 5. The lowest BCUT2D eigenvalue weighted by atomic mass is 9.90. The molecule has 0 aromatic heterocycles. The van der Waals surface area contributed by atoms with Gasteiger partial charge in [-0.15, -0.1) is 0 Å². The fourth-order valence-corrected chi connectivity index (χ4v) is 5.49. The van der Waals surface area contributed by atoms with Gasteiger partial charge in [-0.05, 0) is 53.6 Å². The number of rotatable bonds is 6. The van der Waals surface area contributed by atoms with E-state index in [4.69, 9.17) is 32.8 Å². The van der Waals surface area contributed by atoms with Crippen molar-refractivity contribution in [1.82, 2.24) is 0 Å². The minimum atomic E-state index is -0.987. The largest absolute Gasteiger partial charge is 0.489 e. The van der Waals surface area contributed by atoms with Crippen LogP contribution in [0.3, 0.4) is 0 Å². The SMILES string of the molecule is O=C1C2ON(c3ccccc3)C(c3ccc(OCc4ccccc4)cc3)C2C(=O)N1c1cc(Cl)cc(Cl)c1. The molecule has 3 atom stereocenters. The van der Waals surface area contributed by atoms with E-state index in [0.29, 0.717) is 28.1 Å². The Balaban J connectivity index is 1.32. The quantitative estimate of drug-likeness (QED) is 0.255. The number of halogens is 2. The van der Waals surface area contributed by atoms with E-state index < -0.39 is 24.0 Å². The van der Waals surface area contributed by atoms with Crippen molar-refractivity contribution in [2.24, 2.45) is 5.92 Å². The zero-order valence-corrected chi connectivity index (χ0v) is 21.5.